The Balaban J connectivity index is 1.38. The molecule has 148 valence electrons. The van der Waals surface area contributed by atoms with Gasteiger partial charge in [0.05, 0.1) is 16.9 Å². The first-order valence-electron chi connectivity index (χ1n) is 10.1. The fourth-order valence-electron chi connectivity index (χ4n) is 4.99. The van der Waals surface area contributed by atoms with Gasteiger partial charge in [0.1, 0.15) is 5.69 Å². The van der Waals surface area contributed by atoms with E-state index in [9.17, 15) is 9.59 Å². The standard InChI is InChI=1S/C22H23N5O2/c23-21(28)17-12-25-18-6-3-4-16(18)20(17)26-13-10-14-7-8-15(11-13)27(14)22(29)19-5-1-2-9-24-19/h1-5,9,12-15H,6-8,10-11H2,(H2,23,28)(H,25,26)/t13?,14-,15+. The normalized spacial score (nSPS) is 24.4. The SMILES string of the molecule is NC(=O)c1cnc2c(c1NC1C[C@H]3CC[C@@H](C1)N3C(=O)c1ccccn1)C=CC2. The van der Waals surface area contributed by atoms with Crippen molar-refractivity contribution in [3.8, 4) is 0 Å². The summed E-state index contributed by atoms with van der Waals surface area (Å²) in [4.78, 5) is 35.6. The number of pyridine rings is 2. The average molecular weight is 389 g/mol. The van der Waals surface area contributed by atoms with Crippen molar-refractivity contribution in [3.63, 3.8) is 0 Å². The molecule has 3 aliphatic rings. The topological polar surface area (TPSA) is 101 Å². The van der Waals surface area contributed by atoms with Crippen molar-refractivity contribution in [1.82, 2.24) is 14.9 Å². The van der Waals surface area contributed by atoms with Gasteiger partial charge in [-0.3, -0.25) is 19.6 Å². The zero-order chi connectivity index (χ0) is 20.0. The summed E-state index contributed by atoms with van der Waals surface area (Å²) in [7, 11) is 0. The minimum atomic E-state index is -0.478. The monoisotopic (exact) mass is 389 g/mol. The van der Waals surface area contributed by atoms with E-state index in [-0.39, 0.29) is 24.0 Å². The summed E-state index contributed by atoms with van der Waals surface area (Å²) in [5.41, 5.74) is 9.24. The fourth-order valence-corrected chi connectivity index (χ4v) is 4.99. The third-order valence-corrected chi connectivity index (χ3v) is 6.26. The number of hydrogen-bond donors (Lipinski definition) is 2. The van der Waals surface area contributed by atoms with Crippen molar-refractivity contribution in [2.24, 2.45) is 5.73 Å². The number of fused-ring (bicyclic) bond motifs is 3. The highest BCUT2D eigenvalue weighted by Crippen LogP contribution is 2.39. The Morgan fingerprint density at radius 3 is 2.62 bits per heavy atom. The second kappa shape index (κ2) is 6.99. The second-order valence-electron chi connectivity index (χ2n) is 8.00. The lowest BCUT2D eigenvalue weighted by Gasteiger charge is -2.39. The van der Waals surface area contributed by atoms with Gasteiger partial charge in [-0.15, -0.1) is 0 Å². The van der Waals surface area contributed by atoms with Crippen molar-refractivity contribution in [2.45, 2.75) is 50.2 Å². The zero-order valence-corrected chi connectivity index (χ0v) is 16.0. The largest absolute Gasteiger partial charge is 0.381 e. The van der Waals surface area contributed by atoms with Crippen LogP contribution in [0.15, 0.2) is 36.7 Å². The lowest BCUT2D eigenvalue weighted by atomic mass is 9.95. The first-order chi connectivity index (χ1) is 14.1. The lowest BCUT2D eigenvalue weighted by Crippen LogP contribution is -2.50. The molecule has 2 saturated heterocycles. The Morgan fingerprint density at radius 2 is 1.93 bits per heavy atom. The van der Waals surface area contributed by atoms with Gasteiger partial charge in [-0.25, -0.2) is 0 Å². The number of nitrogens with one attached hydrogen (secondary N) is 1. The van der Waals surface area contributed by atoms with Crippen molar-refractivity contribution in [2.75, 3.05) is 5.32 Å². The van der Waals surface area contributed by atoms with E-state index < -0.39 is 5.91 Å². The molecule has 2 aromatic rings. The molecule has 0 spiro atoms. The lowest BCUT2D eigenvalue weighted by molar-refractivity contribution is 0.0577. The molecule has 0 radical (unpaired) electrons. The van der Waals surface area contributed by atoms with Gasteiger partial charge in [0, 0.05) is 42.5 Å². The van der Waals surface area contributed by atoms with Crippen LogP contribution in [0.25, 0.3) is 6.08 Å². The number of allylic oxidation sites excluding steroid dienone is 1. The van der Waals surface area contributed by atoms with Crippen LogP contribution in [0, 0.1) is 0 Å². The van der Waals surface area contributed by atoms with E-state index in [1.54, 1.807) is 18.5 Å². The third kappa shape index (κ3) is 3.06. The van der Waals surface area contributed by atoms with Crippen molar-refractivity contribution in [3.05, 3.63) is 59.2 Å². The molecule has 7 nitrogen and oxygen atoms in total. The predicted octanol–water partition coefficient (Wildman–Crippen LogP) is 2.39. The minimum absolute atomic E-state index is 0.0158. The molecule has 4 heterocycles. The van der Waals surface area contributed by atoms with Gasteiger partial charge in [-0.1, -0.05) is 18.2 Å². The quantitative estimate of drug-likeness (QED) is 0.836. The number of rotatable bonds is 4. The molecule has 3 N–H and O–H groups in total. The Hall–Kier alpha value is -3.22. The van der Waals surface area contributed by atoms with Crippen molar-refractivity contribution >= 4 is 23.6 Å². The molecular formula is C22H23N5O2. The molecule has 29 heavy (non-hydrogen) atoms. The number of amides is 2. The van der Waals surface area contributed by atoms with Crippen LogP contribution >= 0.6 is 0 Å². The highest BCUT2D eigenvalue weighted by molar-refractivity contribution is 6.00. The molecular weight excluding hydrogens is 366 g/mol. The van der Waals surface area contributed by atoms with Gasteiger partial charge < -0.3 is 16.0 Å². The van der Waals surface area contributed by atoms with E-state index in [4.69, 9.17) is 5.73 Å². The minimum Gasteiger partial charge on any atom is -0.381 e. The summed E-state index contributed by atoms with van der Waals surface area (Å²) >= 11 is 0. The molecule has 2 fully saturated rings. The zero-order valence-electron chi connectivity index (χ0n) is 16.0. The van der Waals surface area contributed by atoms with Gasteiger partial charge in [0.15, 0.2) is 0 Å². The number of hydrogen-bond acceptors (Lipinski definition) is 5. The average Bonchev–Trinajstić information content (AvgIpc) is 3.31. The molecule has 2 bridgehead atoms. The molecule has 2 amide bonds. The smallest absolute Gasteiger partial charge is 0.272 e. The summed E-state index contributed by atoms with van der Waals surface area (Å²) in [6, 6.07) is 5.99. The van der Waals surface area contributed by atoms with E-state index in [2.05, 4.69) is 15.3 Å². The number of anilines is 1. The van der Waals surface area contributed by atoms with E-state index >= 15 is 0 Å². The van der Waals surface area contributed by atoms with Crippen molar-refractivity contribution < 1.29 is 9.59 Å². The van der Waals surface area contributed by atoms with E-state index in [1.807, 2.05) is 29.2 Å². The Labute approximate surface area is 169 Å². The van der Waals surface area contributed by atoms with Crippen LogP contribution in [-0.4, -0.2) is 44.8 Å². The fraction of sp³-hybridized carbons (Fsp3) is 0.364. The van der Waals surface area contributed by atoms with Gasteiger partial charge in [-0.05, 0) is 37.8 Å². The van der Waals surface area contributed by atoms with Crippen LogP contribution in [0.3, 0.4) is 0 Å². The van der Waals surface area contributed by atoms with E-state index in [1.165, 1.54) is 0 Å². The molecule has 5 rings (SSSR count). The predicted molar refractivity (Wildman–Crippen MR) is 109 cm³/mol. The van der Waals surface area contributed by atoms with Crippen LogP contribution in [-0.2, 0) is 6.42 Å². The maximum atomic E-state index is 13.0. The molecule has 2 aromatic heterocycles. The number of nitrogens with zero attached hydrogens (tertiary/aromatic N) is 3. The summed E-state index contributed by atoms with van der Waals surface area (Å²) in [5.74, 6) is -0.462. The van der Waals surface area contributed by atoms with Crippen LogP contribution in [0.4, 0.5) is 5.69 Å². The highest BCUT2D eigenvalue weighted by atomic mass is 16.2. The Bertz CT molecular complexity index is 990. The first-order valence-corrected chi connectivity index (χ1v) is 10.1. The van der Waals surface area contributed by atoms with Crippen LogP contribution in [0.5, 0.6) is 0 Å². The summed E-state index contributed by atoms with van der Waals surface area (Å²) in [6.07, 6.45) is 11.7. The number of carbonyl (C=O) groups is 2. The van der Waals surface area contributed by atoms with Gasteiger partial charge in [-0.2, -0.15) is 0 Å². The van der Waals surface area contributed by atoms with E-state index in [0.717, 1.165) is 49.0 Å². The highest BCUT2D eigenvalue weighted by Gasteiger charge is 2.44. The van der Waals surface area contributed by atoms with Gasteiger partial charge in [0.2, 0.25) is 0 Å². The molecule has 1 unspecified atom stereocenters. The molecule has 0 saturated carbocycles. The number of piperidine rings is 1. The first kappa shape index (κ1) is 17.8. The number of primary amides is 1. The molecule has 1 aliphatic carbocycles. The molecule has 2 aliphatic heterocycles. The summed E-state index contributed by atoms with van der Waals surface area (Å²) in [6.45, 7) is 0. The van der Waals surface area contributed by atoms with E-state index in [0.29, 0.717) is 11.3 Å². The number of nitrogens with two attached hydrogens (primary N) is 1. The molecule has 7 heteroatoms. The van der Waals surface area contributed by atoms with Crippen molar-refractivity contribution in [1.29, 1.82) is 0 Å². The number of carbonyl (C=O) groups excluding carboxylic acids is 2. The Morgan fingerprint density at radius 1 is 1.14 bits per heavy atom. The maximum absolute atomic E-state index is 13.0. The van der Waals surface area contributed by atoms with Gasteiger partial charge >= 0.3 is 0 Å². The van der Waals surface area contributed by atoms with Crippen LogP contribution in [0.1, 0.15) is 57.8 Å². The molecule has 0 aromatic carbocycles. The molecule has 3 atom stereocenters. The number of aromatic nitrogens is 2. The summed E-state index contributed by atoms with van der Waals surface area (Å²) < 4.78 is 0. The Kier molecular flexibility index (Phi) is 4.30. The van der Waals surface area contributed by atoms with Crippen LogP contribution in [0.2, 0.25) is 0 Å². The summed E-state index contributed by atoms with van der Waals surface area (Å²) in [5, 5.41) is 3.59. The van der Waals surface area contributed by atoms with Crippen LogP contribution < -0.4 is 11.1 Å². The third-order valence-electron chi connectivity index (χ3n) is 6.26. The maximum Gasteiger partial charge on any atom is 0.272 e. The van der Waals surface area contributed by atoms with Gasteiger partial charge in [0.25, 0.3) is 11.8 Å². The second-order valence-corrected chi connectivity index (χ2v) is 8.00.